The Morgan fingerprint density at radius 2 is 1.84 bits per heavy atom. The molecular formula is C15H27NO2S. The van der Waals surface area contributed by atoms with E-state index in [9.17, 15) is 9.59 Å². The molecule has 1 aliphatic rings. The van der Waals surface area contributed by atoms with Crippen molar-refractivity contribution >= 4 is 23.6 Å². The van der Waals surface area contributed by atoms with Gasteiger partial charge in [-0.3, -0.25) is 14.9 Å². The first-order valence-electron chi connectivity index (χ1n) is 7.66. The van der Waals surface area contributed by atoms with Crippen LogP contribution in [0.2, 0.25) is 0 Å². The van der Waals surface area contributed by atoms with Crippen LogP contribution in [-0.2, 0) is 9.59 Å². The molecule has 0 saturated carbocycles. The molecule has 1 saturated heterocycles. The second kappa shape index (κ2) is 9.40. The molecule has 2 atom stereocenters. The number of thioether (sulfide) groups is 1. The molecule has 4 heteroatoms. The van der Waals surface area contributed by atoms with Crippen LogP contribution >= 0.6 is 11.8 Å². The standard InChI is InChI=1S/C15H27NO2S/c1-3-5-6-7-8-10-12(9-4-2)19-13-11-14(17)16-15(13)18/h12-13H,3-11H2,1-2H3,(H,16,17,18). The van der Waals surface area contributed by atoms with Gasteiger partial charge >= 0.3 is 0 Å². The van der Waals surface area contributed by atoms with Crippen LogP contribution in [0.1, 0.15) is 71.6 Å². The van der Waals surface area contributed by atoms with Crippen LogP contribution in [0.3, 0.4) is 0 Å². The van der Waals surface area contributed by atoms with Crippen molar-refractivity contribution in [2.45, 2.75) is 82.1 Å². The van der Waals surface area contributed by atoms with Crippen molar-refractivity contribution in [2.24, 2.45) is 0 Å². The van der Waals surface area contributed by atoms with Gasteiger partial charge in [0.15, 0.2) is 0 Å². The normalized spacial score (nSPS) is 20.6. The van der Waals surface area contributed by atoms with E-state index in [2.05, 4.69) is 19.2 Å². The van der Waals surface area contributed by atoms with Gasteiger partial charge in [0.1, 0.15) is 0 Å². The number of hydrogen-bond donors (Lipinski definition) is 1. The second-order valence-corrected chi connectivity index (χ2v) is 6.86. The molecule has 0 aromatic carbocycles. The van der Waals surface area contributed by atoms with Crippen molar-refractivity contribution in [3.63, 3.8) is 0 Å². The fourth-order valence-electron chi connectivity index (χ4n) is 2.45. The summed E-state index contributed by atoms with van der Waals surface area (Å²) in [5.74, 6) is -0.192. The fourth-order valence-corrected chi connectivity index (χ4v) is 4.02. The fraction of sp³-hybridized carbons (Fsp3) is 0.867. The third-order valence-corrected chi connectivity index (χ3v) is 5.09. The number of carbonyl (C=O) groups is 2. The Balaban J connectivity index is 2.27. The molecule has 0 radical (unpaired) electrons. The summed E-state index contributed by atoms with van der Waals surface area (Å²) < 4.78 is 0. The molecule has 1 heterocycles. The lowest BCUT2D eigenvalue weighted by Crippen LogP contribution is -2.24. The number of carbonyl (C=O) groups excluding carboxylic acids is 2. The summed E-state index contributed by atoms with van der Waals surface area (Å²) >= 11 is 1.72. The summed E-state index contributed by atoms with van der Waals surface area (Å²) in [6.45, 7) is 4.41. The lowest BCUT2D eigenvalue weighted by molar-refractivity contribution is -0.124. The van der Waals surface area contributed by atoms with E-state index in [1.165, 1.54) is 38.5 Å². The highest BCUT2D eigenvalue weighted by atomic mass is 32.2. The van der Waals surface area contributed by atoms with E-state index in [0.717, 1.165) is 12.8 Å². The minimum Gasteiger partial charge on any atom is -0.295 e. The molecule has 0 aromatic rings. The first-order chi connectivity index (χ1) is 9.17. The van der Waals surface area contributed by atoms with Crippen LogP contribution < -0.4 is 5.32 Å². The minimum atomic E-state index is -0.139. The summed E-state index contributed by atoms with van der Waals surface area (Å²) in [5, 5.41) is 2.80. The predicted molar refractivity (Wildman–Crippen MR) is 81.2 cm³/mol. The molecule has 2 amide bonds. The number of nitrogens with one attached hydrogen (secondary N) is 1. The predicted octanol–water partition coefficient (Wildman–Crippen LogP) is 3.66. The maximum absolute atomic E-state index is 11.6. The lowest BCUT2D eigenvalue weighted by Gasteiger charge is -2.18. The summed E-state index contributed by atoms with van der Waals surface area (Å²) in [5.41, 5.74) is 0. The van der Waals surface area contributed by atoms with Crippen molar-refractivity contribution in [3.05, 3.63) is 0 Å². The van der Waals surface area contributed by atoms with Gasteiger partial charge in [-0.25, -0.2) is 0 Å². The average Bonchev–Trinajstić information content (AvgIpc) is 2.67. The second-order valence-electron chi connectivity index (χ2n) is 5.35. The van der Waals surface area contributed by atoms with Gasteiger partial charge in [-0.15, -0.1) is 11.8 Å². The molecule has 1 aliphatic heterocycles. The van der Waals surface area contributed by atoms with E-state index in [0.29, 0.717) is 11.7 Å². The summed E-state index contributed by atoms with van der Waals surface area (Å²) in [4.78, 5) is 22.8. The smallest absolute Gasteiger partial charge is 0.240 e. The summed E-state index contributed by atoms with van der Waals surface area (Å²) in [7, 11) is 0. The Hall–Kier alpha value is -0.510. The van der Waals surface area contributed by atoms with Crippen molar-refractivity contribution < 1.29 is 9.59 Å². The van der Waals surface area contributed by atoms with Crippen LogP contribution in [0.5, 0.6) is 0 Å². The van der Waals surface area contributed by atoms with Gasteiger partial charge < -0.3 is 0 Å². The molecule has 110 valence electrons. The third-order valence-electron chi connectivity index (χ3n) is 3.52. The van der Waals surface area contributed by atoms with Gasteiger partial charge in [0.25, 0.3) is 0 Å². The van der Waals surface area contributed by atoms with Gasteiger partial charge in [0.2, 0.25) is 11.8 Å². The topological polar surface area (TPSA) is 46.2 Å². The van der Waals surface area contributed by atoms with Gasteiger partial charge in [-0.05, 0) is 12.8 Å². The van der Waals surface area contributed by atoms with E-state index in [4.69, 9.17) is 0 Å². The van der Waals surface area contributed by atoms with Crippen molar-refractivity contribution in [1.82, 2.24) is 5.32 Å². The highest BCUT2D eigenvalue weighted by molar-refractivity contribution is 8.01. The quantitative estimate of drug-likeness (QED) is 0.492. The number of unbranched alkanes of at least 4 members (excludes halogenated alkanes) is 4. The van der Waals surface area contributed by atoms with Gasteiger partial charge in [-0.1, -0.05) is 52.4 Å². The van der Waals surface area contributed by atoms with Gasteiger partial charge in [0, 0.05) is 11.7 Å². The van der Waals surface area contributed by atoms with Crippen LogP contribution in [0, 0.1) is 0 Å². The molecule has 3 nitrogen and oxygen atoms in total. The van der Waals surface area contributed by atoms with Gasteiger partial charge in [0.05, 0.1) is 5.25 Å². The maximum Gasteiger partial charge on any atom is 0.240 e. The molecule has 1 N–H and O–H groups in total. The minimum absolute atomic E-state index is 0.0814. The molecule has 1 rings (SSSR count). The molecule has 19 heavy (non-hydrogen) atoms. The zero-order valence-electron chi connectivity index (χ0n) is 12.2. The van der Waals surface area contributed by atoms with Crippen LogP contribution in [-0.4, -0.2) is 22.3 Å². The molecule has 0 bridgehead atoms. The van der Waals surface area contributed by atoms with Crippen LogP contribution in [0.15, 0.2) is 0 Å². The molecule has 2 unspecified atom stereocenters. The average molecular weight is 285 g/mol. The van der Waals surface area contributed by atoms with Crippen molar-refractivity contribution in [2.75, 3.05) is 0 Å². The van der Waals surface area contributed by atoms with Gasteiger partial charge in [-0.2, -0.15) is 0 Å². The molecule has 0 spiro atoms. The highest BCUT2D eigenvalue weighted by Gasteiger charge is 2.32. The maximum atomic E-state index is 11.6. The summed E-state index contributed by atoms with van der Waals surface area (Å²) in [6.07, 6.45) is 10.3. The lowest BCUT2D eigenvalue weighted by atomic mass is 10.1. The van der Waals surface area contributed by atoms with Crippen molar-refractivity contribution in [1.29, 1.82) is 0 Å². The monoisotopic (exact) mass is 285 g/mol. The van der Waals surface area contributed by atoms with E-state index in [1.807, 2.05) is 0 Å². The third kappa shape index (κ3) is 6.46. The number of rotatable bonds is 10. The van der Waals surface area contributed by atoms with E-state index in [1.54, 1.807) is 11.8 Å². The van der Waals surface area contributed by atoms with E-state index in [-0.39, 0.29) is 17.1 Å². The SMILES string of the molecule is CCCCCCCC(CCC)SC1CC(=O)NC1=O. The Morgan fingerprint density at radius 3 is 2.42 bits per heavy atom. The number of amides is 2. The first-order valence-corrected chi connectivity index (χ1v) is 8.60. The molecule has 0 aromatic heterocycles. The Bertz CT molecular complexity index is 294. The molecule has 0 aliphatic carbocycles. The Morgan fingerprint density at radius 1 is 1.11 bits per heavy atom. The largest absolute Gasteiger partial charge is 0.295 e. The zero-order valence-corrected chi connectivity index (χ0v) is 13.1. The van der Waals surface area contributed by atoms with E-state index >= 15 is 0 Å². The first kappa shape index (κ1) is 16.5. The Labute approximate surface area is 121 Å². The zero-order chi connectivity index (χ0) is 14.1. The van der Waals surface area contributed by atoms with Crippen LogP contribution in [0.25, 0.3) is 0 Å². The molecular weight excluding hydrogens is 258 g/mol. The Kier molecular flexibility index (Phi) is 8.19. The number of hydrogen-bond acceptors (Lipinski definition) is 3. The summed E-state index contributed by atoms with van der Waals surface area (Å²) in [6, 6.07) is 0. The number of imide groups is 1. The highest BCUT2D eigenvalue weighted by Crippen LogP contribution is 2.30. The molecule has 1 fully saturated rings. The van der Waals surface area contributed by atoms with E-state index < -0.39 is 0 Å². The van der Waals surface area contributed by atoms with Crippen molar-refractivity contribution in [3.8, 4) is 0 Å². The van der Waals surface area contributed by atoms with Crippen LogP contribution in [0.4, 0.5) is 0 Å².